The maximum Gasteiger partial charge on any atom is 0.292 e. The number of benzene rings is 2. The molecule has 0 saturated carbocycles. The summed E-state index contributed by atoms with van der Waals surface area (Å²) in [4.78, 5) is 15.0. The standard InChI is InChI=1S/C31H29ClFN5O3/c1-31(27-7-6-20(32)16-35-27)40-26-5-3-4-23(30(26)41-31)19-8-11-37(12-9-19)18-28-36-25-15-21(34-2)14-24(33)29(25)38(28)17-22-10-13-39-22/h3-7,14-16,19,22H,8-13,17-18H2,1H3/t22-,31-/m0/s1. The van der Waals surface area contributed by atoms with Crippen LogP contribution in [-0.2, 0) is 23.6 Å². The predicted molar refractivity (Wildman–Crippen MR) is 152 cm³/mol. The van der Waals surface area contributed by atoms with Gasteiger partial charge in [-0.05, 0) is 68.6 Å². The summed E-state index contributed by atoms with van der Waals surface area (Å²) >= 11 is 6.04. The lowest BCUT2D eigenvalue weighted by atomic mass is 9.88. The minimum Gasteiger partial charge on any atom is -0.443 e. The van der Waals surface area contributed by atoms with E-state index in [4.69, 9.17) is 37.4 Å². The second-order valence-electron chi connectivity index (χ2n) is 11.1. The van der Waals surface area contributed by atoms with E-state index in [1.54, 1.807) is 18.3 Å². The van der Waals surface area contributed by atoms with Crippen molar-refractivity contribution in [3.8, 4) is 11.5 Å². The van der Waals surface area contributed by atoms with Crippen molar-refractivity contribution in [1.82, 2.24) is 19.4 Å². The molecule has 0 spiro atoms. The van der Waals surface area contributed by atoms with Gasteiger partial charge in [0, 0.05) is 25.3 Å². The molecule has 0 radical (unpaired) electrons. The van der Waals surface area contributed by atoms with Crippen LogP contribution in [0.4, 0.5) is 10.1 Å². The van der Waals surface area contributed by atoms with Crippen LogP contribution in [0.25, 0.3) is 15.9 Å². The summed E-state index contributed by atoms with van der Waals surface area (Å²) in [5.41, 5.74) is 3.04. The Hall–Kier alpha value is -3.71. The lowest BCUT2D eigenvalue weighted by Gasteiger charge is -2.33. The predicted octanol–water partition coefficient (Wildman–Crippen LogP) is 6.59. The second kappa shape index (κ2) is 10.3. The van der Waals surface area contributed by atoms with Gasteiger partial charge in [-0.15, -0.1) is 0 Å². The monoisotopic (exact) mass is 573 g/mol. The van der Waals surface area contributed by atoms with E-state index in [2.05, 4.69) is 20.8 Å². The van der Waals surface area contributed by atoms with Crippen LogP contribution in [0.3, 0.4) is 0 Å². The minimum absolute atomic E-state index is 0.0629. The van der Waals surface area contributed by atoms with E-state index in [9.17, 15) is 0 Å². The van der Waals surface area contributed by atoms with Crippen LogP contribution in [-0.4, -0.2) is 45.2 Å². The molecule has 210 valence electrons. The number of fused-ring (bicyclic) bond motifs is 2. The van der Waals surface area contributed by atoms with Crippen molar-refractivity contribution in [3.05, 3.63) is 88.0 Å². The highest BCUT2D eigenvalue weighted by molar-refractivity contribution is 6.30. The van der Waals surface area contributed by atoms with Gasteiger partial charge < -0.3 is 18.8 Å². The number of para-hydroxylation sites is 1. The van der Waals surface area contributed by atoms with Crippen molar-refractivity contribution in [2.24, 2.45) is 0 Å². The van der Waals surface area contributed by atoms with E-state index in [1.165, 1.54) is 6.07 Å². The lowest BCUT2D eigenvalue weighted by molar-refractivity contribution is -0.0722. The quantitative estimate of drug-likeness (QED) is 0.243. The molecule has 2 saturated heterocycles. The maximum absolute atomic E-state index is 15.1. The fraction of sp³-hybridized carbons (Fsp3) is 0.387. The number of imidazole rings is 1. The molecule has 0 bridgehead atoms. The van der Waals surface area contributed by atoms with Crippen molar-refractivity contribution in [1.29, 1.82) is 0 Å². The van der Waals surface area contributed by atoms with Crippen LogP contribution in [0.5, 0.6) is 11.5 Å². The van der Waals surface area contributed by atoms with Gasteiger partial charge in [0.1, 0.15) is 22.9 Å². The summed E-state index contributed by atoms with van der Waals surface area (Å²) in [5, 5.41) is 0.561. The van der Waals surface area contributed by atoms with E-state index in [0.717, 1.165) is 61.8 Å². The van der Waals surface area contributed by atoms with Gasteiger partial charge in [-0.3, -0.25) is 9.88 Å². The third-order valence-electron chi connectivity index (χ3n) is 8.36. The topological polar surface area (TPSA) is 66.0 Å². The largest absolute Gasteiger partial charge is 0.443 e. The van der Waals surface area contributed by atoms with Crippen LogP contribution in [0.15, 0.2) is 48.7 Å². The molecule has 2 aromatic carbocycles. The third kappa shape index (κ3) is 4.80. The molecule has 8 nitrogen and oxygen atoms in total. The fourth-order valence-corrected chi connectivity index (χ4v) is 6.20. The van der Waals surface area contributed by atoms with Crippen molar-refractivity contribution in [2.75, 3.05) is 19.7 Å². The van der Waals surface area contributed by atoms with Crippen LogP contribution in [0.1, 0.15) is 49.2 Å². The molecule has 0 unspecified atom stereocenters. The van der Waals surface area contributed by atoms with Crippen molar-refractivity contribution in [2.45, 2.75) is 57.1 Å². The molecule has 2 atom stereocenters. The first-order valence-electron chi connectivity index (χ1n) is 13.9. The average Bonchev–Trinajstić information content (AvgIpc) is 3.48. The summed E-state index contributed by atoms with van der Waals surface area (Å²) in [7, 11) is 0. The van der Waals surface area contributed by atoms with Crippen LogP contribution in [0.2, 0.25) is 5.02 Å². The van der Waals surface area contributed by atoms with E-state index in [1.807, 2.05) is 29.7 Å². The fourth-order valence-electron chi connectivity index (χ4n) is 6.09. The number of piperidine rings is 1. The van der Waals surface area contributed by atoms with E-state index < -0.39 is 11.6 Å². The Morgan fingerprint density at radius 3 is 2.68 bits per heavy atom. The number of pyridine rings is 1. The van der Waals surface area contributed by atoms with Gasteiger partial charge in [-0.2, -0.15) is 0 Å². The molecule has 0 N–H and O–H groups in total. The van der Waals surface area contributed by atoms with Crippen LogP contribution in [0, 0.1) is 12.4 Å². The number of aromatic nitrogens is 3. The Labute approximate surface area is 242 Å². The summed E-state index contributed by atoms with van der Waals surface area (Å²) in [5.74, 6) is 1.18. The number of halogens is 2. The molecule has 2 fully saturated rings. The second-order valence-corrected chi connectivity index (χ2v) is 11.5. The third-order valence-corrected chi connectivity index (χ3v) is 8.59. The SMILES string of the molecule is [C-]#[N+]c1cc(F)c2c(c1)nc(CN1CCC(c3cccc4c3O[C@@](C)(c3ccc(Cl)cn3)O4)CC1)n2C[C@@H]1CCO1. The molecular formula is C31H29ClFN5O3. The van der Waals surface area contributed by atoms with E-state index >= 15 is 4.39 Å². The number of nitrogens with zero attached hydrogens (tertiary/aromatic N) is 5. The number of ether oxygens (including phenoxy) is 3. The van der Waals surface area contributed by atoms with Crippen LogP contribution >= 0.6 is 11.6 Å². The lowest BCUT2D eigenvalue weighted by Crippen LogP contribution is -2.35. The first kappa shape index (κ1) is 26.2. The summed E-state index contributed by atoms with van der Waals surface area (Å²) in [6, 6.07) is 12.6. The van der Waals surface area contributed by atoms with Gasteiger partial charge in [0.25, 0.3) is 5.79 Å². The Bertz CT molecular complexity index is 1660. The Morgan fingerprint density at radius 2 is 1.98 bits per heavy atom. The van der Waals surface area contributed by atoms with E-state index in [-0.39, 0.29) is 11.8 Å². The highest BCUT2D eigenvalue weighted by Crippen LogP contribution is 2.49. The zero-order chi connectivity index (χ0) is 28.1. The zero-order valence-electron chi connectivity index (χ0n) is 22.6. The van der Waals surface area contributed by atoms with Crippen molar-refractivity contribution in [3.63, 3.8) is 0 Å². The van der Waals surface area contributed by atoms with Gasteiger partial charge in [0.05, 0.1) is 36.3 Å². The Kier molecular flexibility index (Phi) is 6.57. The molecule has 4 aromatic rings. The molecule has 41 heavy (non-hydrogen) atoms. The highest BCUT2D eigenvalue weighted by atomic mass is 35.5. The first-order chi connectivity index (χ1) is 19.9. The molecule has 7 rings (SSSR count). The van der Waals surface area contributed by atoms with Gasteiger partial charge >= 0.3 is 0 Å². The highest BCUT2D eigenvalue weighted by Gasteiger charge is 2.42. The van der Waals surface area contributed by atoms with Crippen molar-refractivity contribution >= 4 is 28.3 Å². The Balaban J connectivity index is 1.08. The average molecular weight is 574 g/mol. The molecule has 0 aliphatic carbocycles. The number of hydrogen-bond acceptors (Lipinski definition) is 6. The molecule has 0 amide bonds. The maximum atomic E-state index is 15.1. The van der Waals surface area contributed by atoms with Gasteiger partial charge in [-0.1, -0.05) is 23.7 Å². The zero-order valence-corrected chi connectivity index (χ0v) is 23.4. The van der Waals surface area contributed by atoms with E-state index in [0.29, 0.717) is 40.8 Å². The van der Waals surface area contributed by atoms with Crippen LogP contribution < -0.4 is 9.47 Å². The first-order valence-corrected chi connectivity index (χ1v) is 14.3. The molecule has 10 heteroatoms. The Morgan fingerprint density at radius 1 is 1.15 bits per heavy atom. The molecule has 3 aliphatic heterocycles. The molecule has 5 heterocycles. The molecule has 3 aliphatic rings. The van der Waals surface area contributed by atoms with Crippen molar-refractivity contribution < 1.29 is 18.6 Å². The number of rotatable bonds is 6. The van der Waals surface area contributed by atoms with Gasteiger partial charge in [0.15, 0.2) is 17.2 Å². The number of hydrogen-bond donors (Lipinski definition) is 0. The summed E-state index contributed by atoms with van der Waals surface area (Å²) < 4.78 is 35.4. The smallest absolute Gasteiger partial charge is 0.292 e. The minimum atomic E-state index is -1.02. The number of likely N-dealkylation sites (tertiary alicyclic amines) is 1. The van der Waals surface area contributed by atoms with Gasteiger partial charge in [-0.25, -0.2) is 14.2 Å². The summed E-state index contributed by atoms with van der Waals surface area (Å²) in [6.45, 7) is 12.8. The molecule has 2 aromatic heterocycles. The normalized spacial score (nSPS) is 22.5. The molecular weight excluding hydrogens is 545 g/mol. The summed E-state index contributed by atoms with van der Waals surface area (Å²) in [6.07, 6.45) is 4.50. The van der Waals surface area contributed by atoms with Gasteiger partial charge in [0.2, 0.25) is 0 Å².